The second-order valence-electron chi connectivity index (χ2n) is 4.15. The van der Waals surface area contributed by atoms with Gasteiger partial charge in [0.15, 0.2) is 5.78 Å². The van der Waals surface area contributed by atoms with Crippen LogP contribution >= 0.6 is 0 Å². The number of aliphatic carboxylic acids is 1. The van der Waals surface area contributed by atoms with E-state index in [-0.39, 0.29) is 5.78 Å². The summed E-state index contributed by atoms with van der Waals surface area (Å²) in [6, 6.07) is 2.89. The van der Waals surface area contributed by atoms with Crippen molar-refractivity contribution in [2.45, 2.75) is 25.8 Å². The molecule has 2 rings (SSSR count). The Hall–Kier alpha value is -1.91. The first-order valence-corrected chi connectivity index (χ1v) is 5.56. The van der Waals surface area contributed by atoms with Crippen molar-refractivity contribution in [1.29, 1.82) is 0 Å². The normalized spacial score (nSPS) is 19.4. The summed E-state index contributed by atoms with van der Waals surface area (Å²) >= 11 is 0. The first-order valence-electron chi connectivity index (χ1n) is 5.56. The lowest BCUT2D eigenvalue weighted by Crippen LogP contribution is -2.36. The van der Waals surface area contributed by atoms with Crippen LogP contribution in [0.5, 0.6) is 0 Å². The zero-order valence-corrected chi connectivity index (χ0v) is 9.59. The summed E-state index contributed by atoms with van der Waals surface area (Å²) in [5.41, 5.74) is 0.542. The molecule has 1 aliphatic heterocycles. The highest BCUT2D eigenvalue weighted by Crippen LogP contribution is 2.23. The first kappa shape index (κ1) is 11.6. The van der Waals surface area contributed by atoms with Crippen LogP contribution in [0.3, 0.4) is 0 Å². The average molecular weight is 234 g/mol. The Labute approximate surface area is 99.1 Å². The number of rotatable bonds is 3. The molecule has 0 saturated carbocycles. The van der Waals surface area contributed by atoms with Crippen LogP contribution < -0.4 is 4.90 Å². The van der Waals surface area contributed by atoms with Gasteiger partial charge in [-0.2, -0.15) is 0 Å². The molecule has 1 N–H and O–H groups in total. The van der Waals surface area contributed by atoms with Gasteiger partial charge in [0.2, 0.25) is 0 Å². The Bertz CT molecular complexity index is 442. The van der Waals surface area contributed by atoms with Gasteiger partial charge in [0.25, 0.3) is 0 Å². The van der Waals surface area contributed by atoms with Crippen molar-refractivity contribution in [2.75, 3.05) is 11.4 Å². The Morgan fingerprint density at radius 1 is 1.47 bits per heavy atom. The molecule has 1 aromatic rings. The molecule has 1 atom stereocenters. The second-order valence-corrected chi connectivity index (χ2v) is 4.15. The average Bonchev–Trinajstić information content (AvgIpc) is 2.78. The van der Waals surface area contributed by atoms with E-state index in [4.69, 9.17) is 5.11 Å². The van der Waals surface area contributed by atoms with Crippen molar-refractivity contribution < 1.29 is 14.7 Å². The predicted molar refractivity (Wildman–Crippen MR) is 62.2 cm³/mol. The number of carbonyl (C=O) groups excluding carboxylic acids is 1. The third-order valence-corrected chi connectivity index (χ3v) is 2.99. The summed E-state index contributed by atoms with van der Waals surface area (Å²) in [5, 5.41) is 9.06. The zero-order chi connectivity index (χ0) is 12.4. The summed E-state index contributed by atoms with van der Waals surface area (Å²) < 4.78 is 0. The third kappa shape index (κ3) is 2.27. The number of aromatic nitrogens is 1. The summed E-state index contributed by atoms with van der Waals surface area (Å²) in [6.45, 7) is 2.18. The van der Waals surface area contributed by atoms with Crippen LogP contribution in [-0.2, 0) is 4.79 Å². The zero-order valence-electron chi connectivity index (χ0n) is 9.59. The number of nitrogens with zero attached hydrogens (tertiary/aromatic N) is 2. The molecule has 0 radical (unpaired) electrons. The van der Waals surface area contributed by atoms with Crippen LogP contribution in [0.15, 0.2) is 18.3 Å². The summed E-state index contributed by atoms with van der Waals surface area (Å²) in [5.74, 6) is -0.236. The van der Waals surface area contributed by atoms with Crippen molar-refractivity contribution in [2.24, 2.45) is 0 Å². The highest BCUT2D eigenvalue weighted by atomic mass is 16.4. The molecule has 5 heteroatoms. The van der Waals surface area contributed by atoms with E-state index in [1.54, 1.807) is 17.0 Å². The van der Waals surface area contributed by atoms with Crippen molar-refractivity contribution in [3.05, 3.63) is 23.9 Å². The van der Waals surface area contributed by atoms with E-state index in [9.17, 15) is 9.59 Å². The summed E-state index contributed by atoms with van der Waals surface area (Å²) in [7, 11) is 0. The fourth-order valence-corrected chi connectivity index (χ4v) is 2.06. The smallest absolute Gasteiger partial charge is 0.326 e. The second kappa shape index (κ2) is 4.53. The van der Waals surface area contributed by atoms with Gasteiger partial charge in [0.1, 0.15) is 11.9 Å². The quantitative estimate of drug-likeness (QED) is 0.799. The van der Waals surface area contributed by atoms with E-state index < -0.39 is 12.0 Å². The molecule has 0 spiro atoms. The van der Waals surface area contributed by atoms with Crippen LogP contribution in [0.1, 0.15) is 30.1 Å². The van der Waals surface area contributed by atoms with Gasteiger partial charge in [-0.05, 0) is 31.9 Å². The van der Waals surface area contributed by atoms with Crippen LogP contribution in [0.4, 0.5) is 5.82 Å². The molecule has 5 nitrogen and oxygen atoms in total. The minimum absolute atomic E-state index is 0.0414. The van der Waals surface area contributed by atoms with Crippen molar-refractivity contribution in [3.63, 3.8) is 0 Å². The number of carboxylic acid groups (broad SMARTS) is 1. The van der Waals surface area contributed by atoms with Crippen LogP contribution in [-0.4, -0.2) is 34.4 Å². The lowest BCUT2D eigenvalue weighted by molar-refractivity contribution is -0.138. The van der Waals surface area contributed by atoms with Gasteiger partial charge < -0.3 is 10.0 Å². The SMILES string of the molecule is CC(=O)c1ccc(N2CCC[C@@H]2C(=O)O)nc1. The van der Waals surface area contributed by atoms with Gasteiger partial charge in [0, 0.05) is 18.3 Å². The van der Waals surface area contributed by atoms with Crippen molar-refractivity contribution in [1.82, 2.24) is 4.98 Å². The molecule has 1 aliphatic rings. The summed E-state index contributed by atoms with van der Waals surface area (Å²) in [6.07, 6.45) is 2.99. The molecular weight excluding hydrogens is 220 g/mol. The third-order valence-electron chi connectivity index (χ3n) is 2.99. The van der Waals surface area contributed by atoms with E-state index in [0.717, 1.165) is 6.42 Å². The van der Waals surface area contributed by atoms with Crippen LogP contribution in [0.2, 0.25) is 0 Å². The first-order chi connectivity index (χ1) is 8.09. The Morgan fingerprint density at radius 2 is 2.24 bits per heavy atom. The largest absolute Gasteiger partial charge is 0.480 e. The molecule has 0 aromatic carbocycles. The van der Waals surface area contributed by atoms with Crippen LogP contribution in [0.25, 0.3) is 0 Å². The van der Waals surface area contributed by atoms with E-state index in [1.165, 1.54) is 13.1 Å². The number of carbonyl (C=O) groups is 2. The molecule has 0 aliphatic carbocycles. The topological polar surface area (TPSA) is 70.5 Å². The fourth-order valence-electron chi connectivity index (χ4n) is 2.06. The molecule has 1 aromatic heterocycles. The summed E-state index contributed by atoms with van der Waals surface area (Å²) in [4.78, 5) is 28.1. The fraction of sp³-hybridized carbons (Fsp3) is 0.417. The van der Waals surface area contributed by atoms with E-state index in [2.05, 4.69) is 4.98 Å². The minimum Gasteiger partial charge on any atom is -0.480 e. The maximum absolute atomic E-state index is 11.1. The van der Waals surface area contributed by atoms with Gasteiger partial charge in [-0.25, -0.2) is 9.78 Å². The van der Waals surface area contributed by atoms with E-state index in [1.807, 2.05) is 0 Å². The molecule has 0 unspecified atom stereocenters. The maximum Gasteiger partial charge on any atom is 0.326 e. The number of carboxylic acids is 1. The van der Waals surface area contributed by atoms with Gasteiger partial charge in [-0.3, -0.25) is 4.79 Å². The van der Waals surface area contributed by atoms with Crippen LogP contribution in [0, 0.1) is 0 Å². The Morgan fingerprint density at radius 3 is 2.76 bits per heavy atom. The monoisotopic (exact) mass is 234 g/mol. The molecule has 2 heterocycles. The van der Waals surface area contributed by atoms with Crippen molar-refractivity contribution in [3.8, 4) is 0 Å². The number of Topliss-reactive ketones (excluding diaryl/α,β-unsaturated/α-hetero) is 1. The molecule has 1 fully saturated rings. The molecule has 90 valence electrons. The number of pyridine rings is 1. The van der Waals surface area contributed by atoms with E-state index in [0.29, 0.717) is 24.3 Å². The molecular formula is C12H14N2O3. The number of anilines is 1. The standard InChI is InChI=1S/C12H14N2O3/c1-8(15)9-4-5-11(13-7-9)14-6-2-3-10(14)12(16)17/h4-5,7,10H,2-3,6H2,1H3,(H,16,17)/t10-/m1/s1. The highest BCUT2D eigenvalue weighted by Gasteiger charge is 2.31. The lowest BCUT2D eigenvalue weighted by atomic mass is 10.2. The van der Waals surface area contributed by atoms with Crippen molar-refractivity contribution >= 4 is 17.6 Å². The van der Waals surface area contributed by atoms with Gasteiger partial charge in [-0.1, -0.05) is 0 Å². The maximum atomic E-state index is 11.1. The lowest BCUT2D eigenvalue weighted by Gasteiger charge is -2.22. The number of hydrogen-bond acceptors (Lipinski definition) is 4. The van der Waals surface area contributed by atoms with Gasteiger partial charge in [0.05, 0.1) is 0 Å². The number of hydrogen-bond donors (Lipinski definition) is 1. The Balaban J connectivity index is 2.22. The van der Waals surface area contributed by atoms with Gasteiger partial charge >= 0.3 is 5.97 Å². The van der Waals surface area contributed by atoms with E-state index >= 15 is 0 Å². The molecule has 0 amide bonds. The van der Waals surface area contributed by atoms with Gasteiger partial charge in [-0.15, -0.1) is 0 Å². The Kier molecular flexibility index (Phi) is 3.08. The molecule has 0 bridgehead atoms. The minimum atomic E-state index is -0.819. The highest BCUT2D eigenvalue weighted by molar-refractivity contribution is 5.93. The predicted octanol–water partition coefficient (Wildman–Crippen LogP) is 1.34. The molecule has 1 saturated heterocycles. The molecule has 17 heavy (non-hydrogen) atoms. The number of ketones is 1.